The molecule has 1 aliphatic heterocycles. The summed E-state index contributed by atoms with van der Waals surface area (Å²) >= 11 is 5.37. The van der Waals surface area contributed by atoms with Gasteiger partial charge in [0.2, 0.25) is 0 Å². The fourth-order valence-corrected chi connectivity index (χ4v) is 4.81. The summed E-state index contributed by atoms with van der Waals surface area (Å²) in [6, 6.07) is 10.4. The molecule has 0 aliphatic carbocycles. The van der Waals surface area contributed by atoms with E-state index in [2.05, 4.69) is 54.3 Å². The average Bonchev–Trinajstić information content (AvgIpc) is 3.16. The molecule has 25 heavy (non-hydrogen) atoms. The molecule has 4 nitrogen and oxygen atoms in total. The molecule has 0 N–H and O–H groups in total. The molecule has 0 unspecified atom stereocenters. The van der Waals surface area contributed by atoms with Crippen molar-refractivity contribution in [2.75, 3.05) is 38.2 Å². The number of benzene rings is 1. The van der Waals surface area contributed by atoms with E-state index in [-0.39, 0.29) is 0 Å². The van der Waals surface area contributed by atoms with Crippen molar-refractivity contribution < 1.29 is 4.74 Å². The Morgan fingerprint density at radius 3 is 2.76 bits per heavy atom. The van der Waals surface area contributed by atoms with Crippen LogP contribution in [0.4, 0.5) is 5.69 Å². The van der Waals surface area contributed by atoms with Gasteiger partial charge in [0.1, 0.15) is 5.75 Å². The summed E-state index contributed by atoms with van der Waals surface area (Å²) in [5, 5.41) is 3.41. The highest BCUT2D eigenvalue weighted by Crippen LogP contribution is 2.31. The van der Waals surface area contributed by atoms with Gasteiger partial charge in [0.05, 0.1) is 23.2 Å². The molecule has 2 aromatic heterocycles. The molecular formula is C19H20BrN3OS. The first kappa shape index (κ1) is 16.8. The number of hydrogen-bond acceptors (Lipinski definition) is 5. The van der Waals surface area contributed by atoms with Crippen molar-refractivity contribution in [3.05, 3.63) is 52.1 Å². The first-order chi connectivity index (χ1) is 12.3. The number of para-hydroxylation sites is 2. The van der Waals surface area contributed by atoms with Gasteiger partial charge in [-0.2, -0.15) is 0 Å². The van der Waals surface area contributed by atoms with E-state index in [1.807, 2.05) is 18.3 Å². The summed E-state index contributed by atoms with van der Waals surface area (Å²) in [4.78, 5) is 9.56. The lowest BCUT2D eigenvalue weighted by atomic mass is 10.2. The number of piperazine rings is 1. The van der Waals surface area contributed by atoms with E-state index in [1.165, 1.54) is 21.5 Å². The van der Waals surface area contributed by atoms with Crippen LogP contribution in [0.3, 0.4) is 0 Å². The number of pyridine rings is 1. The third-order valence-electron chi connectivity index (χ3n) is 4.69. The van der Waals surface area contributed by atoms with E-state index in [4.69, 9.17) is 4.74 Å². The quantitative estimate of drug-likeness (QED) is 0.629. The molecule has 1 saturated heterocycles. The Morgan fingerprint density at radius 2 is 1.96 bits per heavy atom. The monoisotopic (exact) mass is 417 g/mol. The normalized spacial score (nSPS) is 15.7. The molecule has 0 saturated carbocycles. The lowest BCUT2D eigenvalue weighted by Gasteiger charge is -2.36. The molecule has 0 amide bonds. The van der Waals surface area contributed by atoms with E-state index < -0.39 is 0 Å². The van der Waals surface area contributed by atoms with Crippen molar-refractivity contribution in [2.45, 2.75) is 6.54 Å². The van der Waals surface area contributed by atoms with Crippen LogP contribution >= 0.6 is 27.3 Å². The van der Waals surface area contributed by atoms with Crippen molar-refractivity contribution in [1.29, 1.82) is 0 Å². The highest BCUT2D eigenvalue weighted by Gasteiger charge is 2.20. The Bertz CT molecular complexity index is 874. The summed E-state index contributed by atoms with van der Waals surface area (Å²) in [7, 11) is 1.74. The topological polar surface area (TPSA) is 28.6 Å². The SMILES string of the molecule is COc1ccccc1N1CCN(Cc2ncc(Br)c3ccsc23)CC1. The zero-order valence-electron chi connectivity index (χ0n) is 14.1. The van der Waals surface area contributed by atoms with Crippen LogP contribution in [0.25, 0.3) is 10.1 Å². The van der Waals surface area contributed by atoms with Crippen LogP contribution in [-0.4, -0.2) is 43.2 Å². The molecule has 1 fully saturated rings. The Morgan fingerprint density at radius 1 is 1.16 bits per heavy atom. The first-order valence-electron chi connectivity index (χ1n) is 8.37. The molecule has 130 valence electrons. The minimum Gasteiger partial charge on any atom is -0.495 e. The van der Waals surface area contributed by atoms with Crippen LogP contribution in [0.1, 0.15) is 5.69 Å². The van der Waals surface area contributed by atoms with Gasteiger partial charge in [-0.3, -0.25) is 9.88 Å². The Kier molecular flexibility index (Phi) is 4.92. The van der Waals surface area contributed by atoms with Crippen LogP contribution in [0, 0.1) is 0 Å². The largest absolute Gasteiger partial charge is 0.495 e. The summed E-state index contributed by atoms with van der Waals surface area (Å²) < 4.78 is 7.87. The summed E-state index contributed by atoms with van der Waals surface area (Å²) in [5.41, 5.74) is 2.37. The molecule has 0 radical (unpaired) electrons. The van der Waals surface area contributed by atoms with Crippen molar-refractivity contribution in [1.82, 2.24) is 9.88 Å². The van der Waals surface area contributed by atoms with Gasteiger partial charge in [-0.1, -0.05) is 12.1 Å². The minimum absolute atomic E-state index is 0.907. The number of thiophene rings is 1. The number of ether oxygens (including phenoxy) is 1. The van der Waals surface area contributed by atoms with E-state index in [1.54, 1.807) is 18.4 Å². The molecule has 3 heterocycles. The van der Waals surface area contributed by atoms with Gasteiger partial charge in [-0.25, -0.2) is 0 Å². The lowest BCUT2D eigenvalue weighted by Crippen LogP contribution is -2.46. The molecule has 0 atom stereocenters. The number of methoxy groups -OCH3 is 1. The Hall–Kier alpha value is -1.63. The number of aromatic nitrogens is 1. The fourth-order valence-electron chi connectivity index (χ4n) is 3.35. The third-order valence-corrected chi connectivity index (χ3v) is 6.29. The zero-order chi connectivity index (χ0) is 17.2. The standard InChI is InChI=1S/C19H20BrN3OS/c1-24-18-5-3-2-4-17(18)23-9-7-22(8-10-23)13-16-19-14(6-11-25-19)15(20)12-21-16/h2-6,11-12H,7-10,13H2,1H3. The molecule has 0 spiro atoms. The van der Waals surface area contributed by atoms with Gasteiger partial charge in [0.15, 0.2) is 0 Å². The smallest absolute Gasteiger partial charge is 0.142 e. The maximum Gasteiger partial charge on any atom is 0.142 e. The minimum atomic E-state index is 0.907. The summed E-state index contributed by atoms with van der Waals surface area (Å²) in [6.45, 7) is 4.98. The second-order valence-corrected chi connectivity index (χ2v) is 7.92. The van der Waals surface area contributed by atoms with Crippen LogP contribution in [-0.2, 0) is 6.54 Å². The third kappa shape index (κ3) is 3.38. The van der Waals surface area contributed by atoms with Crippen LogP contribution in [0.15, 0.2) is 46.4 Å². The van der Waals surface area contributed by atoms with Crippen molar-refractivity contribution >= 4 is 43.0 Å². The molecule has 4 rings (SSSR count). The van der Waals surface area contributed by atoms with Crippen LogP contribution < -0.4 is 9.64 Å². The number of fused-ring (bicyclic) bond motifs is 1. The highest BCUT2D eigenvalue weighted by molar-refractivity contribution is 9.10. The van der Waals surface area contributed by atoms with Gasteiger partial charge in [0, 0.05) is 48.8 Å². The number of rotatable bonds is 4. The van der Waals surface area contributed by atoms with E-state index in [9.17, 15) is 0 Å². The van der Waals surface area contributed by atoms with Gasteiger partial charge in [0.25, 0.3) is 0 Å². The first-order valence-corrected chi connectivity index (χ1v) is 10.0. The maximum absolute atomic E-state index is 5.50. The second kappa shape index (κ2) is 7.32. The van der Waals surface area contributed by atoms with Gasteiger partial charge >= 0.3 is 0 Å². The second-order valence-electron chi connectivity index (χ2n) is 6.15. The number of hydrogen-bond donors (Lipinski definition) is 0. The Labute approximate surface area is 160 Å². The van der Waals surface area contributed by atoms with Gasteiger partial charge in [-0.15, -0.1) is 11.3 Å². The average molecular weight is 418 g/mol. The molecular weight excluding hydrogens is 398 g/mol. The number of halogens is 1. The lowest BCUT2D eigenvalue weighted by molar-refractivity contribution is 0.247. The maximum atomic E-state index is 5.50. The van der Waals surface area contributed by atoms with E-state index in [0.717, 1.165) is 42.9 Å². The molecule has 0 bridgehead atoms. The van der Waals surface area contributed by atoms with Gasteiger partial charge < -0.3 is 9.64 Å². The van der Waals surface area contributed by atoms with E-state index in [0.29, 0.717) is 0 Å². The summed E-state index contributed by atoms with van der Waals surface area (Å²) in [6.07, 6.45) is 1.93. The van der Waals surface area contributed by atoms with Crippen molar-refractivity contribution in [3.63, 3.8) is 0 Å². The fraction of sp³-hybridized carbons (Fsp3) is 0.316. The van der Waals surface area contributed by atoms with Crippen LogP contribution in [0.5, 0.6) is 5.75 Å². The Balaban J connectivity index is 1.45. The molecule has 1 aromatic carbocycles. The van der Waals surface area contributed by atoms with E-state index >= 15 is 0 Å². The van der Waals surface area contributed by atoms with Crippen molar-refractivity contribution in [3.8, 4) is 5.75 Å². The zero-order valence-corrected chi connectivity index (χ0v) is 16.5. The molecule has 1 aliphatic rings. The van der Waals surface area contributed by atoms with Crippen molar-refractivity contribution in [2.24, 2.45) is 0 Å². The number of anilines is 1. The summed E-state index contributed by atoms with van der Waals surface area (Å²) in [5.74, 6) is 0.950. The predicted octanol–water partition coefficient (Wildman–Crippen LogP) is 4.39. The van der Waals surface area contributed by atoms with Gasteiger partial charge in [-0.05, 0) is 39.5 Å². The predicted molar refractivity (Wildman–Crippen MR) is 108 cm³/mol. The van der Waals surface area contributed by atoms with Crippen LogP contribution in [0.2, 0.25) is 0 Å². The highest BCUT2D eigenvalue weighted by atomic mass is 79.9. The number of nitrogens with zero attached hydrogens (tertiary/aromatic N) is 3. The molecule has 3 aromatic rings. The molecule has 6 heteroatoms.